The van der Waals surface area contributed by atoms with Crippen molar-refractivity contribution in [3.63, 3.8) is 0 Å². The number of hydrazone groups is 1. The Balaban J connectivity index is 1.93. The smallest absolute Gasteiger partial charge is 0.262 e. The molecular weight excluding hydrogens is 466 g/mol. The lowest BCUT2D eigenvalue weighted by Gasteiger charge is -2.29. The summed E-state index contributed by atoms with van der Waals surface area (Å²) in [5.74, 6) is 0.973. The Bertz CT molecular complexity index is 1050. The summed E-state index contributed by atoms with van der Waals surface area (Å²) in [4.78, 5) is 29.3. The first-order chi connectivity index (χ1) is 16.7. The lowest BCUT2D eigenvalue weighted by Crippen LogP contribution is -2.43. The maximum atomic E-state index is 13.7. The molecule has 1 aliphatic heterocycles. The molecule has 2 aromatic rings. The summed E-state index contributed by atoms with van der Waals surface area (Å²) in [6.45, 7) is 6.61. The Morgan fingerprint density at radius 3 is 2.54 bits per heavy atom. The van der Waals surface area contributed by atoms with Crippen LogP contribution in [0.3, 0.4) is 0 Å². The van der Waals surface area contributed by atoms with Gasteiger partial charge >= 0.3 is 0 Å². The number of hydrogen-bond donors (Lipinski definition) is 0. The minimum atomic E-state index is -0.383. The van der Waals surface area contributed by atoms with Crippen LogP contribution in [0.15, 0.2) is 40.8 Å². The maximum absolute atomic E-state index is 13.7. The van der Waals surface area contributed by atoms with Gasteiger partial charge in [-0.05, 0) is 35.1 Å². The Morgan fingerprint density at radius 1 is 1.17 bits per heavy atom. The van der Waals surface area contributed by atoms with Crippen LogP contribution in [0.2, 0.25) is 0 Å². The maximum Gasteiger partial charge on any atom is 0.262 e. The van der Waals surface area contributed by atoms with Crippen LogP contribution in [-0.2, 0) is 14.3 Å². The van der Waals surface area contributed by atoms with E-state index in [2.05, 4.69) is 0 Å². The van der Waals surface area contributed by atoms with Crippen molar-refractivity contribution in [1.82, 2.24) is 9.91 Å². The highest BCUT2D eigenvalue weighted by Gasteiger charge is 2.36. The second-order valence-electron chi connectivity index (χ2n) is 9.64. The molecule has 0 N–H and O–H groups in total. The molecule has 0 bridgehead atoms. The van der Waals surface area contributed by atoms with Crippen LogP contribution in [-0.4, -0.2) is 68.5 Å². The third kappa shape index (κ3) is 6.82. The van der Waals surface area contributed by atoms with E-state index in [1.54, 1.807) is 37.6 Å². The molecule has 9 heteroatoms. The van der Waals surface area contributed by atoms with Crippen LogP contribution in [0.4, 0.5) is 0 Å². The molecule has 2 amide bonds. The van der Waals surface area contributed by atoms with Crippen molar-refractivity contribution in [3.05, 3.63) is 46.2 Å². The fourth-order valence-electron chi connectivity index (χ4n) is 3.97. The van der Waals surface area contributed by atoms with Crippen molar-refractivity contribution < 1.29 is 23.8 Å². The van der Waals surface area contributed by atoms with E-state index in [0.29, 0.717) is 37.5 Å². The topological polar surface area (TPSA) is 80.7 Å². The summed E-state index contributed by atoms with van der Waals surface area (Å²) in [7, 11) is 4.79. The predicted octanol–water partition coefficient (Wildman–Crippen LogP) is 4.35. The van der Waals surface area contributed by atoms with E-state index in [1.807, 2.05) is 56.5 Å². The standard InChI is InChI=1S/C26H35N3O5S/c1-26(2,3)16-24(30)28(11-12-32-4)17-25(31)29-21(15-20(27-29)23-8-7-13-35-23)19-14-18(33-5)9-10-22(19)34-6/h7-10,13-14,21H,11-12,15-17H2,1-6H3/t21-/m0/s1. The van der Waals surface area contributed by atoms with E-state index in [4.69, 9.17) is 19.3 Å². The number of ether oxygens (including phenoxy) is 3. The fourth-order valence-corrected chi connectivity index (χ4v) is 4.69. The number of thiophene rings is 1. The monoisotopic (exact) mass is 501 g/mol. The number of amides is 2. The molecule has 3 rings (SSSR count). The second kappa shape index (κ2) is 11.7. The lowest BCUT2D eigenvalue weighted by atomic mass is 9.91. The van der Waals surface area contributed by atoms with Gasteiger partial charge in [-0.3, -0.25) is 9.59 Å². The summed E-state index contributed by atoms with van der Waals surface area (Å²) in [6, 6.07) is 9.11. The summed E-state index contributed by atoms with van der Waals surface area (Å²) in [5, 5.41) is 8.22. The summed E-state index contributed by atoms with van der Waals surface area (Å²) >= 11 is 1.58. The Labute approximate surface area is 211 Å². The molecule has 0 unspecified atom stereocenters. The molecule has 1 aliphatic rings. The molecule has 8 nitrogen and oxygen atoms in total. The summed E-state index contributed by atoms with van der Waals surface area (Å²) in [5.41, 5.74) is 1.44. The third-order valence-corrected chi connectivity index (χ3v) is 6.61. The van der Waals surface area contributed by atoms with Crippen LogP contribution in [0, 0.1) is 5.41 Å². The van der Waals surface area contributed by atoms with Gasteiger partial charge in [0.15, 0.2) is 0 Å². The first-order valence-electron chi connectivity index (χ1n) is 11.6. The number of rotatable bonds is 10. The lowest BCUT2D eigenvalue weighted by molar-refractivity contribution is -0.143. The summed E-state index contributed by atoms with van der Waals surface area (Å²) < 4.78 is 16.2. The van der Waals surface area contributed by atoms with Crippen molar-refractivity contribution in [2.75, 3.05) is 41.0 Å². The van der Waals surface area contributed by atoms with Gasteiger partial charge < -0.3 is 19.1 Å². The van der Waals surface area contributed by atoms with E-state index in [0.717, 1.165) is 16.2 Å². The predicted molar refractivity (Wildman–Crippen MR) is 137 cm³/mol. The van der Waals surface area contributed by atoms with Crippen LogP contribution in [0.25, 0.3) is 0 Å². The van der Waals surface area contributed by atoms with Crippen molar-refractivity contribution in [1.29, 1.82) is 0 Å². The van der Waals surface area contributed by atoms with Crippen LogP contribution >= 0.6 is 11.3 Å². The SMILES string of the molecule is COCCN(CC(=O)N1N=C(c2cccs2)C[C@H]1c1cc(OC)ccc1OC)C(=O)CC(C)(C)C. The van der Waals surface area contributed by atoms with Gasteiger partial charge in [-0.15, -0.1) is 11.3 Å². The highest BCUT2D eigenvalue weighted by molar-refractivity contribution is 7.12. The van der Waals surface area contributed by atoms with Crippen LogP contribution in [0.1, 0.15) is 50.1 Å². The second-order valence-corrected chi connectivity index (χ2v) is 10.6. The largest absolute Gasteiger partial charge is 0.497 e. The molecule has 1 atom stereocenters. The number of carbonyl (C=O) groups excluding carboxylic acids is 2. The van der Waals surface area contributed by atoms with Crippen molar-refractivity contribution >= 4 is 28.9 Å². The van der Waals surface area contributed by atoms with Crippen molar-refractivity contribution in [2.45, 2.75) is 39.7 Å². The quantitative estimate of drug-likeness (QED) is 0.483. The molecule has 1 aromatic heterocycles. The average Bonchev–Trinajstić information content (AvgIpc) is 3.50. The third-order valence-electron chi connectivity index (χ3n) is 5.69. The van der Waals surface area contributed by atoms with Crippen molar-refractivity contribution in [2.24, 2.45) is 10.5 Å². The number of benzene rings is 1. The minimum absolute atomic E-state index is 0.0811. The van der Waals surface area contributed by atoms with E-state index >= 15 is 0 Å². The van der Waals surface area contributed by atoms with Gasteiger partial charge in [0.1, 0.15) is 18.0 Å². The number of hydrogen-bond acceptors (Lipinski definition) is 7. The molecule has 35 heavy (non-hydrogen) atoms. The zero-order valence-corrected chi connectivity index (χ0v) is 22.2. The summed E-state index contributed by atoms with van der Waals surface area (Å²) in [6.07, 6.45) is 0.866. The first kappa shape index (κ1) is 26.7. The number of carbonyl (C=O) groups is 2. The Hall–Kier alpha value is -2.91. The molecule has 0 spiro atoms. The van der Waals surface area contributed by atoms with Crippen LogP contribution < -0.4 is 9.47 Å². The molecule has 0 fully saturated rings. The minimum Gasteiger partial charge on any atom is -0.497 e. The highest BCUT2D eigenvalue weighted by atomic mass is 32.1. The molecule has 2 heterocycles. The van der Waals surface area contributed by atoms with Gasteiger partial charge in [-0.25, -0.2) is 5.01 Å². The van der Waals surface area contributed by atoms with Gasteiger partial charge in [0, 0.05) is 32.1 Å². The van der Waals surface area contributed by atoms with E-state index in [-0.39, 0.29) is 29.8 Å². The average molecular weight is 502 g/mol. The van der Waals surface area contributed by atoms with E-state index < -0.39 is 0 Å². The first-order valence-corrected chi connectivity index (χ1v) is 12.5. The van der Waals surface area contributed by atoms with E-state index in [1.165, 1.54) is 5.01 Å². The molecular formula is C26H35N3O5S. The van der Waals surface area contributed by atoms with Gasteiger partial charge in [-0.1, -0.05) is 26.8 Å². The number of nitrogens with zero attached hydrogens (tertiary/aromatic N) is 3. The van der Waals surface area contributed by atoms with Crippen molar-refractivity contribution in [3.8, 4) is 11.5 Å². The molecule has 0 aliphatic carbocycles. The van der Waals surface area contributed by atoms with Gasteiger partial charge in [0.05, 0.1) is 37.5 Å². The number of methoxy groups -OCH3 is 3. The fraction of sp³-hybridized carbons (Fsp3) is 0.500. The Morgan fingerprint density at radius 2 is 1.94 bits per heavy atom. The van der Waals surface area contributed by atoms with Gasteiger partial charge in [-0.2, -0.15) is 5.10 Å². The normalized spacial score (nSPS) is 15.7. The highest BCUT2D eigenvalue weighted by Crippen LogP contribution is 2.39. The van der Waals surface area contributed by atoms with Gasteiger partial charge in [0.2, 0.25) is 5.91 Å². The Kier molecular flexibility index (Phi) is 8.91. The van der Waals surface area contributed by atoms with Crippen LogP contribution in [0.5, 0.6) is 11.5 Å². The molecule has 0 saturated carbocycles. The van der Waals surface area contributed by atoms with E-state index in [9.17, 15) is 9.59 Å². The van der Waals surface area contributed by atoms with Gasteiger partial charge in [0.25, 0.3) is 5.91 Å². The molecule has 1 aromatic carbocycles. The zero-order chi connectivity index (χ0) is 25.6. The molecule has 0 saturated heterocycles. The molecule has 0 radical (unpaired) electrons. The molecule has 190 valence electrons. The zero-order valence-electron chi connectivity index (χ0n) is 21.4.